The molecule has 2 aromatic heterocycles. The normalized spacial score (nSPS) is 11.5. The van der Waals surface area contributed by atoms with Gasteiger partial charge in [0.1, 0.15) is 17.8 Å². The van der Waals surface area contributed by atoms with E-state index in [-0.39, 0.29) is 5.41 Å². The van der Waals surface area contributed by atoms with Crippen LogP contribution in [-0.2, 0) is 5.41 Å². The van der Waals surface area contributed by atoms with Crippen LogP contribution in [0.3, 0.4) is 0 Å². The number of ether oxygens (including phenoxy) is 1. The number of nitrogens with one attached hydrogen (secondary N) is 2. The molecule has 0 saturated heterocycles. The first-order chi connectivity index (χ1) is 14.3. The van der Waals surface area contributed by atoms with E-state index >= 15 is 0 Å². The lowest BCUT2D eigenvalue weighted by molar-refractivity contribution is 0.262. The number of anilines is 2. The van der Waals surface area contributed by atoms with Crippen molar-refractivity contribution in [3.8, 4) is 11.4 Å². The van der Waals surface area contributed by atoms with Gasteiger partial charge in [-0.25, -0.2) is 9.78 Å². The number of benzene rings is 2. The minimum Gasteiger partial charge on any atom is -0.497 e. The Balaban J connectivity index is 1.45. The van der Waals surface area contributed by atoms with E-state index in [9.17, 15) is 4.79 Å². The van der Waals surface area contributed by atoms with Gasteiger partial charge >= 0.3 is 6.03 Å². The summed E-state index contributed by atoms with van der Waals surface area (Å²) in [5.41, 5.74) is 3.22. The molecule has 2 heterocycles. The topological polar surface area (TPSA) is 94.2 Å². The van der Waals surface area contributed by atoms with Crippen molar-refractivity contribution in [2.45, 2.75) is 26.2 Å². The van der Waals surface area contributed by atoms with E-state index in [2.05, 4.69) is 20.8 Å². The summed E-state index contributed by atoms with van der Waals surface area (Å²) < 4.78 is 12.5. The molecule has 0 radical (unpaired) electrons. The molecule has 0 unspecified atom stereocenters. The number of amides is 2. The highest BCUT2D eigenvalue weighted by atomic mass is 16.5. The van der Waals surface area contributed by atoms with Crippen molar-refractivity contribution in [2.75, 3.05) is 17.7 Å². The maximum Gasteiger partial charge on any atom is 0.324 e. The SMILES string of the molecule is COc1ccc2c(c1)ncn2-c1ccc(NC(=O)Nc2cc(C(C)(C)C)on2)cc1. The molecule has 0 aliphatic heterocycles. The van der Waals surface area contributed by atoms with Crippen molar-refractivity contribution in [1.82, 2.24) is 14.7 Å². The van der Waals surface area contributed by atoms with Crippen LogP contribution in [0.5, 0.6) is 5.75 Å². The second kappa shape index (κ2) is 7.55. The maximum absolute atomic E-state index is 12.3. The van der Waals surface area contributed by atoms with Crippen molar-refractivity contribution in [3.05, 3.63) is 60.6 Å². The summed E-state index contributed by atoms with van der Waals surface area (Å²) in [4.78, 5) is 16.7. The number of urea groups is 1. The van der Waals surface area contributed by atoms with Gasteiger partial charge in [0.15, 0.2) is 5.82 Å². The molecule has 8 nitrogen and oxygen atoms in total. The number of hydrogen-bond donors (Lipinski definition) is 2. The predicted octanol–water partition coefficient (Wildman–Crippen LogP) is 4.96. The minimum absolute atomic E-state index is 0.179. The fourth-order valence-electron chi connectivity index (χ4n) is 3.00. The van der Waals surface area contributed by atoms with Gasteiger partial charge in [0, 0.05) is 28.9 Å². The smallest absolute Gasteiger partial charge is 0.324 e. The number of imidazole rings is 1. The molecule has 8 heteroatoms. The van der Waals surface area contributed by atoms with Gasteiger partial charge in [0.25, 0.3) is 0 Å². The van der Waals surface area contributed by atoms with Crippen LogP contribution in [0.2, 0.25) is 0 Å². The Morgan fingerprint density at radius 3 is 2.50 bits per heavy atom. The third kappa shape index (κ3) is 3.98. The van der Waals surface area contributed by atoms with Gasteiger partial charge < -0.3 is 14.6 Å². The van der Waals surface area contributed by atoms with Crippen molar-refractivity contribution < 1.29 is 14.1 Å². The van der Waals surface area contributed by atoms with Gasteiger partial charge in [-0.05, 0) is 36.4 Å². The molecule has 4 rings (SSSR count). The number of methoxy groups -OCH3 is 1. The summed E-state index contributed by atoms with van der Waals surface area (Å²) >= 11 is 0. The van der Waals surface area contributed by atoms with Crippen LogP contribution in [0, 0.1) is 0 Å². The quantitative estimate of drug-likeness (QED) is 0.500. The number of rotatable bonds is 4. The van der Waals surface area contributed by atoms with Gasteiger partial charge in [-0.1, -0.05) is 25.9 Å². The van der Waals surface area contributed by atoms with Gasteiger partial charge in [-0.3, -0.25) is 9.88 Å². The van der Waals surface area contributed by atoms with Gasteiger partial charge in [-0.2, -0.15) is 0 Å². The second-order valence-corrected chi connectivity index (χ2v) is 7.92. The fraction of sp³-hybridized carbons (Fsp3) is 0.227. The highest BCUT2D eigenvalue weighted by molar-refractivity contribution is 5.99. The Kier molecular flexibility index (Phi) is 4.91. The molecule has 154 valence electrons. The number of aromatic nitrogens is 3. The van der Waals surface area contributed by atoms with Crippen LogP contribution in [0.1, 0.15) is 26.5 Å². The summed E-state index contributed by atoms with van der Waals surface area (Å²) in [5, 5.41) is 9.36. The molecule has 0 aliphatic carbocycles. The molecule has 0 spiro atoms. The largest absolute Gasteiger partial charge is 0.497 e. The van der Waals surface area contributed by atoms with Crippen LogP contribution in [0.4, 0.5) is 16.3 Å². The van der Waals surface area contributed by atoms with Crippen molar-refractivity contribution in [2.24, 2.45) is 0 Å². The van der Waals surface area contributed by atoms with Crippen LogP contribution in [0.25, 0.3) is 16.7 Å². The summed E-state index contributed by atoms with van der Waals surface area (Å²) in [6, 6.07) is 14.6. The average Bonchev–Trinajstić information content (AvgIpc) is 3.35. The van der Waals surface area contributed by atoms with E-state index in [1.807, 2.05) is 67.8 Å². The molecule has 0 bridgehead atoms. The molecule has 2 amide bonds. The first-order valence-electron chi connectivity index (χ1n) is 9.50. The van der Waals surface area contributed by atoms with Crippen molar-refractivity contribution >= 4 is 28.6 Å². The summed E-state index contributed by atoms with van der Waals surface area (Å²) in [6.45, 7) is 6.04. The van der Waals surface area contributed by atoms with E-state index in [1.54, 1.807) is 19.5 Å². The maximum atomic E-state index is 12.3. The van der Waals surface area contributed by atoms with Crippen molar-refractivity contribution in [3.63, 3.8) is 0 Å². The third-order valence-corrected chi connectivity index (χ3v) is 4.65. The number of carbonyl (C=O) groups excluding carboxylic acids is 1. The van der Waals surface area contributed by atoms with Crippen LogP contribution in [0.15, 0.2) is 59.4 Å². The van der Waals surface area contributed by atoms with Crippen molar-refractivity contribution in [1.29, 1.82) is 0 Å². The van der Waals surface area contributed by atoms with Crippen LogP contribution in [-0.4, -0.2) is 27.8 Å². The Bertz CT molecular complexity index is 1190. The lowest BCUT2D eigenvalue weighted by Gasteiger charge is -2.12. The van der Waals surface area contributed by atoms with E-state index in [1.165, 1.54) is 0 Å². The molecular formula is C22H23N5O3. The number of hydrogen-bond acceptors (Lipinski definition) is 5. The highest BCUT2D eigenvalue weighted by Gasteiger charge is 2.20. The molecule has 0 atom stereocenters. The van der Waals surface area contributed by atoms with Gasteiger partial charge in [-0.15, -0.1) is 0 Å². The standard InChI is InChI=1S/C22H23N5O3/c1-22(2,3)19-12-20(26-30-19)25-21(28)24-14-5-7-15(8-6-14)27-13-23-17-11-16(29-4)9-10-18(17)27/h5-13H,1-4H3,(H2,24,25,26,28). The lowest BCUT2D eigenvalue weighted by Crippen LogP contribution is -2.19. The summed E-state index contributed by atoms with van der Waals surface area (Å²) in [5.74, 6) is 1.83. The van der Waals surface area contributed by atoms with Gasteiger partial charge in [0.2, 0.25) is 0 Å². The first-order valence-corrected chi connectivity index (χ1v) is 9.50. The van der Waals surface area contributed by atoms with Crippen LogP contribution >= 0.6 is 0 Å². The average molecular weight is 405 g/mol. The Morgan fingerprint density at radius 2 is 1.83 bits per heavy atom. The Labute approximate surface area is 173 Å². The summed E-state index contributed by atoms with van der Waals surface area (Å²) in [6.07, 6.45) is 1.76. The molecule has 2 aromatic carbocycles. The Morgan fingerprint density at radius 1 is 1.07 bits per heavy atom. The molecular weight excluding hydrogens is 382 g/mol. The fourth-order valence-corrected chi connectivity index (χ4v) is 3.00. The molecule has 0 saturated carbocycles. The van der Waals surface area contributed by atoms with Gasteiger partial charge in [0.05, 0.1) is 18.1 Å². The molecule has 0 fully saturated rings. The zero-order valence-electron chi connectivity index (χ0n) is 17.3. The molecule has 0 aliphatic rings. The van der Waals surface area contributed by atoms with E-state index in [0.717, 1.165) is 22.5 Å². The van der Waals surface area contributed by atoms with E-state index in [4.69, 9.17) is 9.26 Å². The molecule has 30 heavy (non-hydrogen) atoms. The predicted molar refractivity (Wildman–Crippen MR) is 115 cm³/mol. The lowest BCUT2D eigenvalue weighted by atomic mass is 9.93. The van der Waals surface area contributed by atoms with E-state index < -0.39 is 6.03 Å². The number of fused-ring (bicyclic) bond motifs is 1. The van der Waals surface area contributed by atoms with Crippen LogP contribution < -0.4 is 15.4 Å². The second-order valence-electron chi connectivity index (χ2n) is 7.92. The van der Waals surface area contributed by atoms with E-state index in [0.29, 0.717) is 17.3 Å². The zero-order chi connectivity index (χ0) is 21.3. The zero-order valence-corrected chi connectivity index (χ0v) is 17.3. The monoisotopic (exact) mass is 405 g/mol. The number of carbonyl (C=O) groups is 1. The summed E-state index contributed by atoms with van der Waals surface area (Å²) in [7, 11) is 1.63. The minimum atomic E-state index is -0.392. The number of nitrogens with zero attached hydrogens (tertiary/aromatic N) is 3. The first kappa shape index (κ1) is 19.5. The molecule has 2 N–H and O–H groups in total. The Hall–Kier alpha value is -3.81. The highest BCUT2D eigenvalue weighted by Crippen LogP contribution is 2.25. The molecule has 4 aromatic rings. The third-order valence-electron chi connectivity index (χ3n) is 4.65.